The molecule has 2 aliphatic heterocycles. The van der Waals surface area contributed by atoms with Crippen molar-refractivity contribution in [2.24, 2.45) is 0 Å². The lowest BCUT2D eigenvalue weighted by atomic mass is 9.98. The minimum Gasteiger partial charge on any atom is -0.418 e. The minimum absolute atomic E-state index is 0.000475. The van der Waals surface area contributed by atoms with Gasteiger partial charge in [0.25, 0.3) is 0 Å². The van der Waals surface area contributed by atoms with Gasteiger partial charge in [-0.1, -0.05) is 0 Å². The highest BCUT2D eigenvalue weighted by Crippen LogP contribution is 2.30. The number of halogens is 10. The maximum absolute atomic E-state index is 13.7. The fraction of sp³-hybridized carbons (Fsp3) is 0.633. The van der Waals surface area contributed by atoms with E-state index >= 15 is 0 Å². The quantitative estimate of drug-likeness (QED) is 0.0117. The second kappa shape index (κ2) is 35.4. The van der Waals surface area contributed by atoms with E-state index in [0.717, 1.165) is 12.4 Å². The van der Waals surface area contributed by atoms with Gasteiger partial charge in [0.15, 0.2) is 23.0 Å². The molecule has 4 heterocycles. The standard InChI is InChI=1S/C49H63F10N9O18/c50-27-13-28(51)42(53)47(41(27)52)86-40(72)25-83-12-10-77-9-11-82-24-39(71)64-26(18-78-5-1-37(69)62-3-7-80-22-31-45(75)43(73)29(20-84-31)65-35-16-60-14-33(67-35)48(54,55)56)19-79-6-2-38(70)63-4-8-81-23-32-46(76)44(74)30(21-85-32)66-36-17-61-15-34(68-36)49(57,58)59/h13-17,26,29-32,43-46,73-76H,1-12,18-25H2,(H,62,69)(H,63,70)(H,64,71)(H,65,67)(H,66,68)/t29-,30-,31+,32+,43+,44+,45-,46-/m0/s1. The Kier molecular flexibility index (Phi) is 29.0. The molecule has 86 heavy (non-hydrogen) atoms. The second-order valence-corrected chi connectivity index (χ2v) is 18.5. The topological polar surface area (TPSA) is 353 Å². The van der Waals surface area contributed by atoms with Crippen LogP contribution in [0.5, 0.6) is 5.75 Å². The number of hydrogen-bond acceptors (Lipinski definition) is 24. The predicted octanol–water partition coefficient (Wildman–Crippen LogP) is -0.418. The normalized spacial score (nSPS) is 20.8. The molecule has 2 aliphatic rings. The second-order valence-electron chi connectivity index (χ2n) is 18.5. The number of esters is 1. The molecule has 0 bridgehead atoms. The Hall–Kier alpha value is -6.36. The van der Waals surface area contributed by atoms with E-state index in [9.17, 15) is 83.5 Å². The maximum Gasteiger partial charge on any atom is 0.434 e. The molecule has 0 saturated carbocycles. The predicted molar refractivity (Wildman–Crippen MR) is 267 cm³/mol. The molecular formula is C49H63F10N9O18. The lowest BCUT2D eigenvalue weighted by Gasteiger charge is -2.38. The van der Waals surface area contributed by atoms with Crippen LogP contribution in [0.25, 0.3) is 0 Å². The van der Waals surface area contributed by atoms with Crippen LogP contribution < -0.4 is 31.3 Å². The van der Waals surface area contributed by atoms with Crippen LogP contribution in [0.15, 0.2) is 30.9 Å². The lowest BCUT2D eigenvalue weighted by molar-refractivity contribution is -0.159. The first-order valence-electron chi connectivity index (χ1n) is 26.1. The molecule has 8 atom stereocenters. The Labute approximate surface area is 482 Å². The van der Waals surface area contributed by atoms with Crippen LogP contribution in [0.4, 0.5) is 55.5 Å². The summed E-state index contributed by atoms with van der Waals surface area (Å²) < 4.78 is 185. The van der Waals surface area contributed by atoms with E-state index in [0.29, 0.717) is 12.4 Å². The van der Waals surface area contributed by atoms with E-state index in [1.807, 2.05) is 0 Å². The molecule has 5 rings (SSSR count). The van der Waals surface area contributed by atoms with Crippen LogP contribution in [-0.4, -0.2) is 238 Å². The molecule has 0 aliphatic carbocycles. The van der Waals surface area contributed by atoms with Crippen molar-refractivity contribution < 1.29 is 131 Å². The zero-order valence-electron chi connectivity index (χ0n) is 45.3. The number of amides is 3. The number of alkyl halides is 6. The highest BCUT2D eigenvalue weighted by molar-refractivity contribution is 5.77. The Morgan fingerprint density at radius 1 is 0.558 bits per heavy atom. The van der Waals surface area contributed by atoms with Crippen molar-refractivity contribution in [1.29, 1.82) is 0 Å². The van der Waals surface area contributed by atoms with E-state index < -0.39 is 144 Å². The third-order valence-electron chi connectivity index (χ3n) is 11.9. The van der Waals surface area contributed by atoms with Gasteiger partial charge in [0.1, 0.15) is 61.5 Å². The minimum atomic E-state index is -4.76. The van der Waals surface area contributed by atoms with Gasteiger partial charge in [-0.05, 0) is 0 Å². The third kappa shape index (κ3) is 24.1. The zero-order chi connectivity index (χ0) is 62.8. The number of ether oxygens (including phenoxy) is 10. The summed E-state index contributed by atoms with van der Waals surface area (Å²) in [6, 6.07) is -2.99. The lowest BCUT2D eigenvalue weighted by Crippen LogP contribution is -2.57. The van der Waals surface area contributed by atoms with Gasteiger partial charge in [0.05, 0.1) is 135 Å². The van der Waals surface area contributed by atoms with E-state index in [4.69, 9.17) is 42.6 Å². The number of nitrogens with one attached hydrogen (secondary N) is 5. The summed E-state index contributed by atoms with van der Waals surface area (Å²) in [5.41, 5.74) is -2.53. The Morgan fingerprint density at radius 3 is 1.45 bits per heavy atom. The molecule has 0 unspecified atom stereocenters. The number of nitrogens with zero attached hydrogens (tertiary/aromatic N) is 4. The molecule has 2 fully saturated rings. The largest absolute Gasteiger partial charge is 0.434 e. The van der Waals surface area contributed by atoms with Crippen LogP contribution in [0, 0.1) is 23.3 Å². The zero-order valence-corrected chi connectivity index (χ0v) is 45.3. The van der Waals surface area contributed by atoms with Gasteiger partial charge >= 0.3 is 18.3 Å². The molecule has 2 saturated heterocycles. The monoisotopic (exact) mass is 1260 g/mol. The molecule has 9 N–H and O–H groups in total. The Balaban J connectivity index is 0.957. The summed E-state index contributed by atoms with van der Waals surface area (Å²) in [5, 5.41) is 55.2. The molecule has 0 spiro atoms. The molecule has 3 aromatic rings. The Morgan fingerprint density at radius 2 is 1.00 bits per heavy atom. The summed E-state index contributed by atoms with van der Waals surface area (Å²) in [6.07, 6.45) is -14.8. The van der Waals surface area contributed by atoms with Gasteiger partial charge in [0, 0.05) is 32.0 Å². The van der Waals surface area contributed by atoms with Gasteiger partial charge in [-0.2, -0.15) is 35.1 Å². The molecular weight excluding hydrogens is 1190 g/mol. The maximum atomic E-state index is 13.7. The van der Waals surface area contributed by atoms with Crippen LogP contribution in [-0.2, 0) is 74.2 Å². The summed E-state index contributed by atoms with van der Waals surface area (Å²) >= 11 is 0. The van der Waals surface area contributed by atoms with Gasteiger partial charge < -0.3 is 94.4 Å². The summed E-state index contributed by atoms with van der Waals surface area (Å²) in [4.78, 5) is 63.5. The fourth-order valence-electron chi connectivity index (χ4n) is 7.56. The average Bonchev–Trinajstić information content (AvgIpc) is 1.64. The van der Waals surface area contributed by atoms with Crippen LogP contribution >= 0.6 is 0 Å². The number of rotatable bonds is 36. The van der Waals surface area contributed by atoms with Crippen LogP contribution in [0.2, 0.25) is 0 Å². The van der Waals surface area contributed by atoms with Gasteiger partial charge in [-0.3, -0.25) is 24.4 Å². The van der Waals surface area contributed by atoms with Crippen molar-refractivity contribution in [3.05, 3.63) is 65.5 Å². The molecule has 3 amide bonds. The first kappa shape index (κ1) is 70.4. The number of carbonyl (C=O) groups excluding carboxylic acids is 4. The molecule has 27 nitrogen and oxygen atoms in total. The number of aliphatic hydroxyl groups excluding tert-OH is 4. The van der Waals surface area contributed by atoms with Crippen molar-refractivity contribution in [2.45, 2.75) is 79.9 Å². The van der Waals surface area contributed by atoms with E-state index in [1.54, 1.807) is 0 Å². The first-order valence-corrected chi connectivity index (χ1v) is 26.1. The smallest absolute Gasteiger partial charge is 0.418 e. The van der Waals surface area contributed by atoms with E-state index in [-0.39, 0.29) is 136 Å². The van der Waals surface area contributed by atoms with Crippen molar-refractivity contribution >= 4 is 35.3 Å². The fourth-order valence-corrected chi connectivity index (χ4v) is 7.56. The Bertz CT molecular complexity index is 2470. The number of aliphatic hydroxyl groups is 4. The highest BCUT2D eigenvalue weighted by atomic mass is 19.4. The van der Waals surface area contributed by atoms with Crippen LogP contribution in [0.3, 0.4) is 0 Å². The van der Waals surface area contributed by atoms with E-state index in [2.05, 4.69) is 51.3 Å². The van der Waals surface area contributed by atoms with Gasteiger partial charge in [-0.15, -0.1) is 0 Å². The molecule has 0 radical (unpaired) electrons. The van der Waals surface area contributed by atoms with Crippen LogP contribution in [0.1, 0.15) is 24.2 Å². The number of hydrogen-bond donors (Lipinski definition) is 9. The number of aromatic nitrogens is 4. The average molecular weight is 1260 g/mol. The van der Waals surface area contributed by atoms with Gasteiger partial charge in [0.2, 0.25) is 35.1 Å². The molecule has 37 heteroatoms. The summed E-state index contributed by atoms with van der Waals surface area (Å²) in [7, 11) is 0. The SMILES string of the molecule is O=C(CCOCC(COCCC(=O)NCCOC[C@H]1OC[C@H](Nc2cncc(C(F)(F)F)n2)[C@@H](O)[C@H]1O)NC(=O)COCCOCCOCC(=O)Oc1c(F)c(F)cc(F)c1F)NCCOC[C@H]1OC[C@H](Nc2cncc(C(F)(F)F)n2)[C@@H](O)[C@H]1O. The number of anilines is 2. The van der Waals surface area contributed by atoms with Gasteiger partial charge in [-0.25, -0.2) is 23.5 Å². The van der Waals surface area contributed by atoms with Crippen molar-refractivity contribution in [1.82, 2.24) is 35.9 Å². The molecule has 2 aromatic heterocycles. The molecule has 1 aromatic carbocycles. The number of benzene rings is 1. The molecule has 482 valence electrons. The van der Waals surface area contributed by atoms with Crippen molar-refractivity contribution in [3.8, 4) is 5.75 Å². The van der Waals surface area contributed by atoms with Crippen molar-refractivity contribution in [3.63, 3.8) is 0 Å². The third-order valence-corrected chi connectivity index (χ3v) is 11.9. The summed E-state index contributed by atoms with van der Waals surface area (Å²) in [6.45, 7) is -3.64. The van der Waals surface area contributed by atoms with Crippen molar-refractivity contribution in [2.75, 3.05) is 129 Å². The number of carbonyl (C=O) groups is 4. The highest BCUT2D eigenvalue weighted by Gasteiger charge is 2.41. The summed E-state index contributed by atoms with van der Waals surface area (Å²) in [5.74, 6) is -12.5. The van der Waals surface area contributed by atoms with E-state index in [1.165, 1.54) is 0 Å². The first-order chi connectivity index (χ1) is 40.9.